The van der Waals surface area contributed by atoms with E-state index in [-0.39, 0.29) is 5.78 Å². The average molecular weight is 139 g/mol. The van der Waals surface area contributed by atoms with Crippen molar-refractivity contribution >= 4 is 5.78 Å². The summed E-state index contributed by atoms with van der Waals surface area (Å²) in [5.74, 6) is -0.866. The summed E-state index contributed by atoms with van der Waals surface area (Å²) in [6.45, 7) is 0. The highest BCUT2D eigenvalue weighted by atomic mass is 16.3. The number of nitrogens with zero attached hydrogens (tertiary/aromatic N) is 1. The van der Waals surface area contributed by atoms with Gasteiger partial charge in [-0.15, -0.1) is 0 Å². The molecule has 0 aliphatic heterocycles. The predicted molar refractivity (Wildman–Crippen MR) is 34.0 cm³/mol. The summed E-state index contributed by atoms with van der Waals surface area (Å²) in [6.07, 6.45) is 1.04. The summed E-state index contributed by atoms with van der Waals surface area (Å²) >= 11 is 0. The van der Waals surface area contributed by atoms with Crippen LogP contribution in [0.2, 0.25) is 0 Å². The van der Waals surface area contributed by atoms with Crippen LogP contribution < -0.4 is 0 Å². The van der Waals surface area contributed by atoms with Gasteiger partial charge in [0.15, 0.2) is 5.78 Å². The number of ketones is 1. The third-order valence-corrected chi connectivity index (χ3v) is 1.79. The molecule has 0 aromatic heterocycles. The molecule has 1 N–H and O–H groups in total. The maximum absolute atomic E-state index is 10.9. The smallest absolute Gasteiger partial charge is 0.152 e. The van der Waals surface area contributed by atoms with Gasteiger partial charge in [-0.3, -0.25) is 4.79 Å². The first kappa shape index (κ1) is 7.23. The number of carbonyl (C=O) groups excluding carboxylic acids is 1. The van der Waals surface area contributed by atoms with E-state index < -0.39 is 12.0 Å². The molecular formula is C7H9NO2. The monoisotopic (exact) mass is 139 g/mol. The van der Waals surface area contributed by atoms with E-state index in [4.69, 9.17) is 10.4 Å². The summed E-state index contributed by atoms with van der Waals surface area (Å²) in [4.78, 5) is 10.9. The number of carbonyl (C=O) groups is 1. The Morgan fingerprint density at radius 2 is 2.40 bits per heavy atom. The highest BCUT2D eigenvalue weighted by Gasteiger charge is 2.29. The first-order valence-corrected chi connectivity index (χ1v) is 3.36. The maximum Gasteiger partial charge on any atom is 0.152 e. The predicted octanol–water partition coefficient (Wildman–Crippen LogP) is 0.240. The van der Waals surface area contributed by atoms with Gasteiger partial charge in [0.2, 0.25) is 0 Å². The molecule has 1 aliphatic rings. The van der Waals surface area contributed by atoms with E-state index in [1.807, 2.05) is 0 Å². The van der Waals surface area contributed by atoms with Crippen molar-refractivity contribution in [2.75, 3.05) is 0 Å². The van der Waals surface area contributed by atoms with Crippen LogP contribution in [0.5, 0.6) is 0 Å². The third kappa shape index (κ3) is 1.17. The van der Waals surface area contributed by atoms with Gasteiger partial charge in [0.05, 0.1) is 12.2 Å². The quantitative estimate of drug-likeness (QED) is 0.523. The van der Waals surface area contributed by atoms with Crippen LogP contribution in [0.25, 0.3) is 0 Å². The Bertz CT molecular complexity index is 183. The lowest BCUT2D eigenvalue weighted by Crippen LogP contribution is -2.31. The topological polar surface area (TPSA) is 61.1 Å². The molecule has 0 amide bonds. The molecule has 3 heteroatoms. The first-order chi connectivity index (χ1) is 4.75. The molecule has 54 valence electrons. The highest BCUT2D eigenvalue weighted by molar-refractivity contribution is 5.84. The number of aliphatic hydroxyl groups excluding tert-OH is 1. The van der Waals surface area contributed by atoms with E-state index in [0.717, 1.165) is 6.42 Å². The second-order valence-corrected chi connectivity index (χ2v) is 2.53. The normalized spacial score (nSPS) is 33.4. The number of hydrogen-bond donors (Lipinski definition) is 1. The van der Waals surface area contributed by atoms with Gasteiger partial charge in [0, 0.05) is 6.42 Å². The fraction of sp³-hybridized carbons (Fsp3) is 0.714. The van der Waals surface area contributed by atoms with E-state index >= 15 is 0 Å². The molecule has 0 radical (unpaired) electrons. The van der Waals surface area contributed by atoms with Crippen molar-refractivity contribution < 1.29 is 9.90 Å². The van der Waals surface area contributed by atoms with Gasteiger partial charge in [-0.05, 0) is 12.8 Å². The molecule has 0 heterocycles. The zero-order chi connectivity index (χ0) is 7.56. The Morgan fingerprint density at radius 3 is 2.80 bits per heavy atom. The number of aliphatic hydroxyl groups is 1. The maximum atomic E-state index is 10.9. The highest BCUT2D eigenvalue weighted by Crippen LogP contribution is 2.20. The largest absolute Gasteiger partial charge is 0.391 e. The molecule has 3 nitrogen and oxygen atoms in total. The lowest BCUT2D eigenvalue weighted by Gasteiger charge is -2.19. The first-order valence-electron chi connectivity index (χ1n) is 3.36. The molecule has 2 atom stereocenters. The molecule has 1 fully saturated rings. The number of rotatable bonds is 0. The Hall–Kier alpha value is -0.880. The Balaban J connectivity index is 2.65. The fourth-order valence-corrected chi connectivity index (χ4v) is 1.18. The molecule has 0 bridgehead atoms. The van der Waals surface area contributed by atoms with E-state index in [1.165, 1.54) is 0 Å². The Labute approximate surface area is 59.3 Å². The van der Waals surface area contributed by atoms with E-state index in [0.29, 0.717) is 12.8 Å². The number of hydrogen-bond acceptors (Lipinski definition) is 3. The van der Waals surface area contributed by atoms with Crippen LogP contribution in [0.15, 0.2) is 0 Å². The number of Topliss-reactive ketones (excluding diaryl/α,β-unsaturated/α-hetero) is 1. The van der Waals surface area contributed by atoms with Gasteiger partial charge in [-0.2, -0.15) is 5.26 Å². The van der Waals surface area contributed by atoms with Crippen molar-refractivity contribution in [3.8, 4) is 6.07 Å². The van der Waals surface area contributed by atoms with Crippen LogP contribution in [-0.4, -0.2) is 17.0 Å². The minimum atomic E-state index is -0.756. The molecule has 1 aliphatic carbocycles. The Morgan fingerprint density at radius 1 is 1.70 bits per heavy atom. The van der Waals surface area contributed by atoms with Crippen molar-refractivity contribution in [3.05, 3.63) is 0 Å². The van der Waals surface area contributed by atoms with Crippen LogP contribution in [0.3, 0.4) is 0 Å². The second kappa shape index (κ2) is 2.80. The van der Waals surface area contributed by atoms with Gasteiger partial charge in [-0.25, -0.2) is 0 Å². The van der Waals surface area contributed by atoms with Crippen molar-refractivity contribution in [1.29, 1.82) is 5.26 Å². The van der Waals surface area contributed by atoms with Gasteiger partial charge >= 0.3 is 0 Å². The minimum absolute atomic E-state index is 0.110. The van der Waals surface area contributed by atoms with Crippen molar-refractivity contribution in [3.63, 3.8) is 0 Å². The molecule has 2 unspecified atom stereocenters. The molecular weight excluding hydrogens is 130 g/mol. The summed E-state index contributed by atoms with van der Waals surface area (Å²) in [7, 11) is 0. The molecule has 0 saturated heterocycles. The van der Waals surface area contributed by atoms with Crippen molar-refractivity contribution in [1.82, 2.24) is 0 Å². The van der Waals surface area contributed by atoms with Crippen LogP contribution >= 0.6 is 0 Å². The second-order valence-electron chi connectivity index (χ2n) is 2.53. The van der Waals surface area contributed by atoms with Gasteiger partial charge in [0.1, 0.15) is 5.92 Å². The zero-order valence-corrected chi connectivity index (χ0v) is 5.58. The summed E-state index contributed by atoms with van der Waals surface area (Å²) < 4.78 is 0. The lowest BCUT2D eigenvalue weighted by molar-refractivity contribution is -0.126. The molecule has 0 aromatic carbocycles. The van der Waals surface area contributed by atoms with Gasteiger partial charge in [0.25, 0.3) is 0 Å². The molecule has 0 aromatic rings. The standard InChI is InChI=1S/C7H9NO2/c8-4-5-6(9)2-1-3-7(5)10/h5-6,9H,1-3H2. The summed E-state index contributed by atoms with van der Waals surface area (Å²) in [5.41, 5.74) is 0. The van der Waals surface area contributed by atoms with Crippen LogP contribution in [-0.2, 0) is 4.79 Å². The van der Waals surface area contributed by atoms with Gasteiger partial charge < -0.3 is 5.11 Å². The number of nitriles is 1. The van der Waals surface area contributed by atoms with E-state index in [2.05, 4.69) is 0 Å². The summed E-state index contributed by atoms with van der Waals surface area (Å²) in [5, 5.41) is 17.5. The Kier molecular flexibility index (Phi) is 2.03. The minimum Gasteiger partial charge on any atom is -0.391 e. The molecule has 10 heavy (non-hydrogen) atoms. The van der Waals surface area contributed by atoms with Crippen molar-refractivity contribution in [2.24, 2.45) is 5.92 Å². The van der Waals surface area contributed by atoms with E-state index in [9.17, 15) is 4.79 Å². The van der Waals surface area contributed by atoms with Crippen molar-refractivity contribution in [2.45, 2.75) is 25.4 Å². The molecule has 0 spiro atoms. The third-order valence-electron chi connectivity index (χ3n) is 1.79. The lowest BCUT2D eigenvalue weighted by atomic mass is 9.86. The zero-order valence-electron chi connectivity index (χ0n) is 5.58. The average Bonchev–Trinajstić information content (AvgIpc) is 1.88. The summed E-state index contributed by atoms with van der Waals surface area (Å²) in [6, 6.07) is 1.80. The van der Waals surface area contributed by atoms with E-state index in [1.54, 1.807) is 6.07 Å². The van der Waals surface area contributed by atoms with Crippen LogP contribution in [0.1, 0.15) is 19.3 Å². The molecule has 1 rings (SSSR count). The van der Waals surface area contributed by atoms with Crippen LogP contribution in [0.4, 0.5) is 0 Å². The molecule has 1 saturated carbocycles. The SMILES string of the molecule is N#CC1C(=O)CCCC1O. The van der Waals surface area contributed by atoms with Gasteiger partial charge in [-0.1, -0.05) is 0 Å². The fourth-order valence-electron chi connectivity index (χ4n) is 1.18. The van der Waals surface area contributed by atoms with Crippen LogP contribution in [0, 0.1) is 17.2 Å².